The summed E-state index contributed by atoms with van der Waals surface area (Å²) < 4.78 is 1.75. The molecular formula is C10H8ClN3O2. The topological polar surface area (TPSA) is 61.0 Å². The smallest absolute Gasteiger partial charge is 0.288 e. The SMILES string of the molecule is Cc1cc([N+](=O)[O-])c(Cl)cc1-n1ccnc1. The summed E-state index contributed by atoms with van der Waals surface area (Å²) >= 11 is 5.84. The molecule has 1 heterocycles. The molecule has 0 N–H and O–H groups in total. The molecule has 0 aliphatic rings. The molecule has 0 atom stereocenters. The summed E-state index contributed by atoms with van der Waals surface area (Å²) in [7, 11) is 0. The Morgan fingerprint density at radius 2 is 2.25 bits per heavy atom. The third-order valence-electron chi connectivity index (χ3n) is 2.24. The first-order valence-electron chi connectivity index (χ1n) is 4.52. The molecule has 0 spiro atoms. The summed E-state index contributed by atoms with van der Waals surface area (Å²) in [5, 5.41) is 10.8. The molecule has 0 aliphatic carbocycles. The second-order valence-corrected chi connectivity index (χ2v) is 3.72. The van der Waals surface area contributed by atoms with Crippen molar-refractivity contribution in [2.45, 2.75) is 6.92 Å². The molecule has 1 aromatic heterocycles. The summed E-state index contributed by atoms with van der Waals surface area (Å²) in [6.07, 6.45) is 5.00. The molecule has 0 aliphatic heterocycles. The number of nitro groups is 1. The van der Waals surface area contributed by atoms with Gasteiger partial charge in [-0.15, -0.1) is 0 Å². The number of hydrogen-bond acceptors (Lipinski definition) is 3. The predicted octanol–water partition coefficient (Wildman–Crippen LogP) is 2.74. The molecule has 16 heavy (non-hydrogen) atoms. The minimum absolute atomic E-state index is 0.0805. The normalized spacial score (nSPS) is 10.4. The largest absolute Gasteiger partial charge is 0.306 e. The summed E-state index contributed by atoms with van der Waals surface area (Å²) in [6.45, 7) is 1.79. The Bertz CT molecular complexity index is 537. The fourth-order valence-electron chi connectivity index (χ4n) is 1.48. The Hall–Kier alpha value is -1.88. The first kappa shape index (κ1) is 10.6. The molecule has 0 unspecified atom stereocenters. The van der Waals surface area contributed by atoms with E-state index in [0.717, 1.165) is 11.3 Å². The maximum Gasteiger partial charge on any atom is 0.288 e. The van der Waals surface area contributed by atoms with E-state index in [2.05, 4.69) is 4.98 Å². The van der Waals surface area contributed by atoms with Gasteiger partial charge in [0.1, 0.15) is 5.02 Å². The number of nitrogens with zero attached hydrogens (tertiary/aromatic N) is 3. The Kier molecular flexibility index (Phi) is 2.62. The molecule has 2 rings (SSSR count). The first-order chi connectivity index (χ1) is 7.59. The van der Waals surface area contributed by atoms with Crippen molar-refractivity contribution in [3.8, 4) is 5.69 Å². The van der Waals surface area contributed by atoms with Crippen LogP contribution in [0, 0.1) is 17.0 Å². The number of benzene rings is 1. The molecule has 0 fully saturated rings. The lowest BCUT2D eigenvalue weighted by atomic mass is 10.2. The van der Waals surface area contributed by atoms with Crippen molar-refractivity contribution in [1.29, 1.82) is 0 Å². The number of rotatable bonds is 2. The summed E-state index contributed by atoms with van der Waals surface area (Å²) in [5.74, 6) is 0. The van der Waals surface area contributed by atoms with Crippen molar-refractivity contribution in [3.05, 3.63) is 51.6 Å². The van der Waals surface area contributed by atoms with Gasteiger partial charge in [-0.25, -0.2) is 4.98 Å². The average Bonchev–Trinajstić information content (AvgIpc) is 2.73. The number of imidazole rings is 1. The fraction of sp³-hybridized carbons (Fsp3) is 0.100. The van der Waals surface area contributed by atoms with Crippen LogP contribution in [0.25, 0.3) is 5.69 Å². The van der Waals surface area contributed by atoms with Gasteiger partial charge in [0.2, 0.25) is 0 Å². The van der Waals surface area contributed by atoms with Crippen LogP contribution in [0.4, 0.5) is 5.69 Å². The number of hydrogen-bond donors (Lipinski definition) is 0. The Morgan fingerprint density at radius 1 is 1.50 bits per heavy atom. The highest BCUT2D eigenvalue weighted by molar-refractivity contribution is 6.32. The highest BCUT2D eigenvalue weighted by Crippen LogP contribution is 2.29. The van der Waals surface area contributed by atoms with Crippen LogP contribution in [0.5, 0.6) is 0 Å². The molecular weight excluding hydrogens is 230 g/mol. The second-order valence-electron chi connectivity index (χ2n) is 3.32. The summed E-state index contributed by atoms with van der Waals surface area (Å²) in [5.41, 5.74) is 1.48. The van der Waals surface area contributed by atoms with Gasteiger partial charge in [0, 0.05) is 18.5 Å². The van der Waals surface area contributed by atoms with Crippen molar-refractivity contribution in [1.82, 2.24) is 9.55 Å². The van der Waals surface area contributed by atoms with E-state index in [0.29, 0.717) is 0 Å². The van der Waals surface area contributed by atoms with Gasteiger partial charge in [-0.1, -0.05) is 11.6 Å². The van der Waals surface area contributed by atoms with Crippen LogP contribution in [0.1, 0.15) is 5.56 Å². The Balaban J connectivity index is 2.59. The third kappa shape index (κ3) is 1.77. The summed E-state index contributed by atoms with van der Waals surface area (Å²) in [6, 6.07) is 3.02. The Labute approximate surface area is 96.4 Å². The minimum atomic E-state index is -0.493. The van der Waals surface area contributed by atoms with Crippen LogP contribution in [-0.4, -0.2) is 14.5 Å². The highest BCUT2D eigenvalue weighted by Gasteiger charge is 2.15. The number of halogens is 1. The van der Waals surface area contributed by atoms with Crippen molar-refractivity contribution >= 4 is 17.3 Å². The van der Waals surface area contributed by atoms with Crippen molar-refractivity contribution in [2.24, 2.45) is 0 Å². The lowest BCUT2D eigenvalue weighted by molar-refractivity contribution is -0.384. The van der Waals surface area contributed by atoms with Gasteiger partial charge in [0.05, 0.1) is 16.9 Å². The summed E-state index contributed by atoms with van der Waals surface area (Å²) in [4.78, 5) is 14.1. The molecule has 0 saturated carbocycles. The van der Waals surface area contributed by atoms with E-state index in [9.17, 15) is 10.1 Å². The third-order valence-corrected chi connectivity index (χ3v) is 2.55. The van der Waals surface area contributed by atoms with Crippen LogP contribution in [0.3, 0.4) is 0 Å². The van der Waals surface area contributed by atoms with E-state index in [-0.39, 0.29) is 10.7 Å². The minimum Gasteiger partial charge on any atom is -0.306 e. The molecule has 5 nitrogen and oxygen atoms in total. The van der Waals surface area contributed by atoms with Gasteiger partial charge in [-0.2, -0.15) is 0 Å². The van der Waals surface area contributed by atoms with E-state index in [1.54, 1.807) is 36.3 Å². The van der Waals surface area contributed by atoms with E-state index in [1.807, 2.05) is 0 Å². The van der Waals surface area contributed by atoms with Crippen LogP contribution < -0.4 is 0 Å². The zero-order valence-corrected chi connectivity index (χ0v) is 9.18. The zero-order valence-electron chi connectivity index (χ0n) is 8.42. The van der Waals surface area contributed by atoms with Crippen molar-refractivity contribution < 1.29 is 4.92 Å². The molecule has 0 radical (unpaired) electrons. The lowest BCUT2D eigenvalue weighted by Crippen LogP contribution is -1.97. The lowest BCUT2D eigenvalue weighted by Gasteiger charge is -2.07. The predicted molar refractivity (Wildman–Crippen MR) is 60.0 cm³/mol. The maximum absolute atomic E-state index is 10.7. The van der Waals surface area contributed by atoms with Gasteiger partial charge in [-0.3, -0.25) is 10.1 Å². The van der Waals surface area contributed by atoms with Crippen LogP contribution >= 0.6 is 11.6 Å². The zero-order chi connectivity index (χ0) is 11.7. The van der Waals surface area contributed by atoms with Crippen LogP contribution in [0.2, 0.25) is 5.02 Å². The molecule has 2 aromatic rings. The van der Waals surface area contributed by atoms with Crippen molar-refractivity contribution in [3.63, 3.8) is 0 Å². The number of aryl methyl sites for hydroxylation is 1. The van der Waals surface area contributed by atoms with Crippen LogP contribution in [0.15, 0.2) is 30.9 Å². The standard InChI is InChI=1S/C10H8ClN3O2/c1-7-4-10(14(15)16)8(11)5-9(7)13-3-2-12-6-13/h2-6H,1H3. The fourth-order valence-corrected chi connectivity index (χ4v) is 1.70. The Morgan fingerprint density at radius 3 is 2.81 bits per heavy atom. The van der Waals surface area contributed by atoms with E-state index in [1.165, 1.54) is 6.07 Å². The van der Waals surface area contributed by atoms with Gasteiger partial charge in [0.15, 0.2) is 0 Å². The first-order valence-corrected chi connectivity index (χ1v) is 4.90. The monoisotopic (exact) mass is 237 g/mol. The van der Waals surface area contributed by atoms with E-state index < -0.39 is 4.92 Å². The molecule has 0 saturated heterocycles. The van der Waals surface area contributed by atoms with Gasteiger partial charge in [-0.05, 0) is 18.6 Å². The molecule has 0 bridgehead atoms. The number of aromatic nitrogens is 2. The van der Waals surface area contributed by atoms with Gasteiger partial charge < -0.3 is 4.57 Å². The maximum atomic E-state index is 10.7. The highest BCUT2D eigenvalue weighted by atomic mass is 35.5. The average molecular weight is 238 g/mol. The molecule has 82 valence electrons. The second kappa shape index (κ2) is 3.94. The van der Waals surface area contributed by atoms with Crippen LogP contribution in [-0.2, 0) is 0 Å². The molecule has 1 aromatic carbocycles. The van der Waals surface area contributed by atoms with Crippen molar-refractivity contribution in [2.75, 3.05) is 0 Å². The number of nitro benzene ring substituents is 1. The quantitative estimate of drug-likeness (QED) is 0.596. The van der Waals surface area contributed by atoms with Gasteiger partial charge in [0.25, 0.3) is 5.69 Å². The molecule has 0 amide bonds. The van der Waals surface area contributed by atoms with E-state index >= 15 is 0 Å². The molecule has 6 heteroatoms. The van der Waals surface area contributed by atoms with Gasteiger partial charge >= 0.3 is 0 Å². The van der Waals surface area contributed by atoms with E-state index in [4.69, 9.17) is 11.6 Å².